The molecular formula is C15H12Br2N2O. The van der Waals surface area contributed by atoms with E-state index in [0.717, 1.165) is 26.6 Å². The third-order valence-corrected chi connectivity index (χ3v) is 4.30. The number of fused-ring (bicyclic) bond motifs is 1. The fraction of sp³-hybridized carbons (Fsp3) is 0.133. The standard InChI is InChI=1S/C15H12Br2N2O/c16-11-6-10(7-12(17)8-11)15(20)19-5-4-9-2-1-3-13(18)14(9)19/h1-3,6-8H,4-5,18H2. The van der Waals surface area contributed by atoms with Crippen LogP contribution in [-0.4, -0.2) is 12.5 Å². The zero-order valence-corrected chi connectivity index (χ0v) is 13.7. The van der Waals surface area contributed by atoms with Crippen molar-refractivity contribution in [3.8, 4) is 0 Å². The first-order chi connectivity index (χ1) is 9.56. The van der Waals surface area contributed by atoms with E-state index in [4.69, 9.17) is 5.73 Å². The molecule has 102 valence electrons. The van der Waals surface area contributed by atoms with Crippen molar-refractivity contribution in [1.82, 2.24) is 0 Å². The van der Waals surface area contributed by atoms with E-state index in [1.807, 2.05) is 36.4 Å². The first-order valence-corrected chi connectivity index (χ1v) is 7.80. The van der Waals surface area contributed by atoms with Gasteiger partial charge in [0.2, 0.25) is 0 Å². The second-order valence-corrected chi connectivity index (χ2v) is 6.55. The number of nitrogens with two attached hydrogens (primary N) is 1. The number of anilines is 2. The fourth-order valence-corrected chi connectivity index (χ4v) is 3.82. The summed E-state index contributed by atoms with van der Waals surface area (Å²) in [5, 5.41) is 0. The number of hydrogen-bond donors (Lipinski definition) is 1. The van der Waals surface area contributed by atoms with Gasteiger partial charge in [-0.2, -0.15) is 0 Å². The van der Waals surface area contributed by atoms with E-state index < -0.39 is 0 Å². The zero-order valence-electron chi connectivity index (χ0n) is 10.6. The van der Waals surface area contributed by atoms with Crippen LogP contribution in [0.4, 0.5) is 11.4 Å². The molecule has 3 rings (SSSR count). The number of carbonyl (C=O) groups excluding carboxylic acids is 1. The van der Waals surface area contributed by atoms with Crippen molar-refractivity contribution in [1.29, 1.82) is 0 Å². The van der Waals surface area contributed by atoms with Crippen LogP contribution in [0.25, 0.3) is 0 Å². The van der Waals surface area contributed by atoms with Gasteiger partial charge in [0.15, 0.2) is 0 Å². The van der Waals surface area contributed by atoms with Crippen LogP contribution in [0, 0.1) is 0 Å². The van der Waals surface area contributed by atoms with Gasteiger partial charge in [-0.25, -0.2) is 0 Å². The lowest BCUT2D eigenvalue weighted by Gasteiger charge is -2.19. The Balaban J connectivity index is 2.02. The molecule has 2 aromatic carbocycles. The SMILES string of the molecule is Nc1cccc2c1N(C(=O)c1cc(Br)cc(Br)c1)CC2. The fourth-order valence-electron chi connectivity index (χ4n) is 2.52. The molecule has 1 aliphatic rings. The maximum absolute atomic E-state index is 12.7. The molecule has 0 fully saturated rings. The maximum atomic E-state index is 12.7. The van der Waals surface area contributed by atoms with Crippen LogP contribution in [0.2, 0.25) is 0 Å². The minimum atomic E-state index is -0.0244. The number of carbonyl (C=O) groups is 1. The number of benzene rings is 2. The number of amides is 1. The highest BCUT2D eigenvalue weighted by atomic mass is 79.9. The summed E-state index contributed by atoms with van der Waals surface area (Å²) in [7, 11) is 0. The number of nitrogens with zero attached hydrogens (tertiary/aromatic N) is 1. The molecule has 0 atom stereocenters. The highest BCUT2D eigenvalue weighted by molar-refractivity contribution is 9.11. The zero-order chi connectivity index (χ0) is 14.3. The molecule has 0 aromatic heterocycles. The van der Waals surface area contributed by atoms with Crippen LogP contribution < -0.4 is 10.6 Å². The van der Waals surface area contributed by atoms with Crippen LogP contribution in [0.5, 0.6) is 0 Å². The summed E-state index contributed by atoms with van der Waals surface area (Å²) in [5.41, 5.74) is 9.31. The van der Waals surface area contributed by atoms with Crippen molar-refractivity contribution in [3.63, 3.8) is 0 Å². The monoisotopic (exact) mass is 394 g/mol. The molecule has 1 heterocycles. The minimum Gasteiger partial charge on any atom is -0.397 e. The molecular weight excluding hydrogens is 384 g/mol. The highest BCUT2D eigenvalue weighted by Crippen LogP contribution is 2.35. The molecule has 20 heavy (non-hydrogen) atoms. The van der Waals surface area contributed by atoms with Crippen molar-refractivity contribution >= 4 is 49.1 Å². The van der Waals surface area contributed by atoms with Crippen LogP contribution in [0.15, 0.2) is 45.3 Å². The predicted octanol–water partition coefficient (Wildman–Crippen LogP) is 4.00. The third kappa shape index (κ3) is 2.36. The molecule has 0 radical (unpaired) electrons. The van der Waals surface area contributed by atoms with Crippen LogP contribution >= 0.6 is 31.9 Å². The highest BCUT2D eigenvalue weighted by Gasteiger charge is 2.27. The topological polar surface area (TPSA) is 46.3 Å². The normalized spacial score (nSPS) is 13.4. The summed E-state index contributed by atoms with van der Waals surface area (Å²) in [6.45, 7) is 0.673. The summed E-state index contributed by atoms with van der Waals surface area (Å²) in [5.74, 6) is -0.0244. The van der Waals surface area contributed by atoms with Gasteiger partial charge in [-0.1, -0.05) is 44.0 Å². The quantitative estimate of drug-likeness (QED) is 0.742. The number of hydrogen-bond acceptors (Lipinski definition) is 2. The second kappa shape index (κ2) is 5.22. The maximum Gasteiger partial charge on any atom is 0.258 e. The average molecular weight is 396 g/mol. The average Bonchev–Trinajstić information content (AvgIpc) is 2.82. The van der Waals surface area contributed by atoms with Gasteiger partial charge < -0.3 is 10.6 Å². The lowest BCUT2D eigenvalue weighted by atomic mass is 10.1. The molecule has 0 spiro atoms. The molecule has 5 heteroatoms. The molecule has 1 aliphatic heterocycles. The molecule has 0 unspecified atom stereocenters. The lowest BCUT2D eigenvalue weighted by Crippen LogP contribution is -2.29. The lowest BCUT2D eigenvalue weighted by molar-refractivity contribution is 0.0989. The van der Waals surface area contributed by atoms with Crippen LogP contribution in [0.1, 0.15) is 15.9 Å². The van der Waals surface area contributed by atoms with Crippen molar-refractivity contribution in [2.75, 3.05) is 17.2 Å². The van der Waals surface area contributed by atoms with E-state index in [9.17, 15) is 4.79 Å². The van der Waals surface area contributed by atoms with E-state index in [-0.39, 0.29) is 5.91 Å². The molecule has 3 nitrogen and oxygen atoms in total. The Hall–Kier alpha value is -1.33. The molecule has 0 saturated heterocycles. The van der Waals surface area contributed by atoms with Gasteiger partial charge in [-0.3, -0.25) is 4.79 Å². The van der Waals surface area contributed by atoms with Crippen molar-refractivity contribution < 1.29 is 4.79 Å². The van der Waals surface area contributed by atoms with Crippen molar-refractivity contribution in [2.24, 2.45) is 0 Å². The Morgan fingerprint density at radius 1 is 1.15 bits per heavy atom. The number of rotatable bonds is 1. The van der Waals surface area contributed by atoms with E-state index in [2.05, 4.69) is 31.9 Å². The van der Waals surface area contributed by atoms with E-state index in [1.165, 1.54) is 0 Å². The van der Waals surface area contributed by atoms with E-state index >= 15 is 0 Å². The summed E-state index contributed by atoms with van der Waals surface area (Å²) >= 11 is 6.82. The molecule has 2 N–H and O–H groups in total. The number of para-hydroxylation sites is 1. The molecule has 0 saturated carbocycles. The van der Waals surface area contributed by atoms with Crippen molar-refractivity contribution in [2.45, 2.75) is 6.42 Å². The van der Waals surface area contributed by atoms with Crippen molar-refractivity contribution in [3.05, 3.63) is 56.5 Å². The Bertz CT molecular complexity index is 680. The van der Waals surface area contributed by atoms with Crippen LogP contribution in [-0.2, 0) is 6.42 Å². The third-order valence-electron chi connectivity index (χ3n) is 3.38. The van der Waals surface area contributed by atoms with Crippen LogP contribution in [0.3, 0.4) is 0 Å². The van der Waals surface area contributed by atoms with Gasteiger partial charge >= 0.3 is 0 Å². The molecule has 1 amide bonds. The van der Waals surface area contributed by atoms with Gasteiger partial charge in [0, 0.05) is 21.1 Å². The minimum absolute atomic E-state index is 0.0244. The Morgan fingerprint density at radius 2 is 1.85 bits per heavy atom. The van der Waals surface area contributed by atoms with Gasteiger partial charge in [-0.15, -0.1) is 0 Å². The summed E-state index contributed by atoms with van der Waals surface area (Å²) in [4.78, 5) is 14.5. The smallest absolute Gasteiger partial charge is 0.258 e. The second-order valence-electron chi connectivity index (χ2n) is 4.72. The first-order valence-electron chi connectivity index (χ1n) is 6.21. The number of halogens is 2. The Labute approximate surface area is 134 Å². The van der Waals surface area contributed by atoms with E-state index in [1.54, 1.807) is 4.90 Å². The first kappa shape index (κ1) is 13.6. The summed E-state index contributed by atoms with van der Waals surface area (Å²) < 4.78 is 1.74. The van der Waals surface area contributed by atoms with Gasteiger partial charge in [0.25, 0.3) is 5.91 Å². The van der Waals surface area contributed by atoms with Gasteiger partial charge in [-0.05, 0) is 36.2 Å². The summed E-state index contributed by atoms with van der Waals surface area (Å²) in [6.07, 6.45) is 0.848. The predicted molar refractivity (Wildman–Crippen MR) is 88.1 cm³/mol. The summed E-state index contributed by atoms with van der Waals surface area (Å²) in [6, 6.07) is 11.3. The van der Waals surface area contributed by atoms with Gasteiger partial charge in [0.1, 0.15) is 0 Å². The van der Waals surface area contributed by atoms with E-state index in [0.29, 0.717) is 17.8 Å². The Kier molecular flexibility index (Phi) is 3.56. The largest absolute Gasteiger partial charge is 0.397 e. The number of nitrogen functional groups attached to an aromatic ring is 1. The van der Waals surface area contributed by atoms with Gasteiger partial charge in [0.05, 0.1) is 11.4 Å². The molecule has 0 bridgehead atoms. The Morgan fingerprint density at radius 3 is 2.55 bits per heavy atom. The molecule has 2 aromatic rings. The molecule has 0 aliphatic carbocycles.